The van der Waals surface area contributed by atoms with Crippen LogP contribution in [0.15, 0.2) is 24.4 Å². The van der Waals surface area contributed by atoms with Crippen LogP contribution in [0.1, 0.15) is 12.5 Å². The number of aromatic nitrogens is 1. The molecule has 1 N–H and O–H groups in total. The highest BCUT2D eigenvalue weighted by Crippen LogP contribution is 2.18. The number of nitrogens with zero attached hydrogens (tertiary/aromatic N) is 1. The summed E-state index contributed by atoms with van der Waals surface area (Å²) in [6.45, 7) is 1.93. The number of carbonyl (C=O) groups excluding carboxylic acids is 1. The van der Waals surface area contributed by atoms with Gasteiger partial charge in [0.05, 0.1) is 18.2 Å². The Morgan fingerprint density at radius 3 is 3.07 bits per heavy atom. The molecule has 0 unspecified atom stereocenters. The summed E-state index contributed by atoms with van der Waals surface area (Å²) in [5.74, 6) is -0.874. The first kappa shape index (κ1) is 11.5. The summed E-state index contributed by atoms with van der Waals surface area (Å²) in [6.07, 6.45) is 2.45. The van der Waals surface area contributed by atoms with E-state index < -0.39 is 5.97 Å². The van der Waals surface area contributed by atoms with Crippen molar-refractivity contribution in [3.05, 3.63) is 35.1 Å². The SMILES string of the molecule is CCOC(=O)/C=C(\O)c1cccnc1Cl. The molecule has 0 radical (unpaired) electrons. The first-order valence-electron chi connectivity index (χ1n) is 4.33. The van der Waals surface area contributed by atoms with Crippen molar-refractivity contribution in [1.82, 2.24) is 4.98 Å². The van der Waals surface area contributed by atoms with E-state index in [0.29, 0.717) is 5.56 Å². The van der Waals surface area contributed by atoms with E-state index in [1.54, 1.807) is 19.1 Å². The lowest BCUT2D eigenvalue weighted by molar-refractivity contribution is -0.137. The normalized spacial score (nSPS) is 11.2. The molecule has 80 valence electrons. The van der Waals surface area contributed by atoms with Gasteiger partial charge in [-0.25, -0.2) is 9.78 Å². The fraction of sp³-hybridized carbons (Fsp3) is 0.200. The molecule has 0 amide bonds. The predicted molar refractivity (Wildman–Crippen MR) is 56.5 cm³/mol. The van der Waals surface area contributed by atoms with Gasteiger partial charge in [0.25, 0.3) is 0 Å². The Bertz CT molecular complexity index is 390. The maximum atomic E-state index is 11.0. The zero-order valence-electron chi connectivity index (χ0n) is 8.11. The molecule has 1 aromatic rings. The fourth-order valence-electron chi connectivity index (χ4n) is 0.950. The number of hydrogen-bond acceptors (Lipinski definition) is 4. The molecule has 0 aliphatic heterocycles. The average molecular weight is 228 g/mol. The zero-order chi connectivity index (χ0) is 11.3. The highest BCUT2D eigenvalue weighted by Gasteiger charge is 2.07. The van der Waals surface area contributed by atoms with E-state index in [1.165, 1.54) is 6.20 Å². The molecule has 1 heterocycles. The lowest BCUT2D eigenvalue weighted by Gasteiger charge is -2.01. The molecule has 0 aliphatic rings. The van der Waals surface area contributed by atoms with E-state index in [9.17, 15) is 9.90 Å². The van der Waals surface area contributed by atoms with Gasteiger partial charge in [-0.05, 0) is 19.1 Å². The first-order valence-corrected chi connectivity index (χ1v) is 4.71. The molecule has 15 heavy (non-hydrogen) atoms. The molecule has 0 fully saturated rings. The number of rotatable bonds is 3. The van der Waals surface area contributed by atoms with E-state index in [0.717, 1.165) is 6.08 Å². The smallest absolute Gasteiger partial charge is 0.334 e. The quantitative estimate of drug-likeness (QED) is 0.372. The van der Waals surface area contributed by atoms with Crippen molar-refractivity contribution in [2.75, 3.05) is 6.61 Å². The third kappa shape index (κ3) is 3.25. The summed E-state index contributed by atoms with van der Waals surface area (Å²) in [4.78, 5) is 14.8. The molecule has 0 aromatic carbocycles. The van der Waals surface area contributed by atoms with Gasteiger partial charge in [-0.3, -0.25) is 0 Å². The number of pyridine rings is 1. The van der Waals surface area contributed by atoms with Crippen LogP contribution < -0.4 is 0 Å². The molecule has 0 bridgehead atoms. The van der Waals surface area contributed by atoms with E-state index in [2.05, 4.69) is 9.72 Å². The molecule has 1 aromatic heterocycles. The molecule has 4 nitrogen and oxygen atoms in total. The monoisotopic (exact) mass is 227 g/mol. The highest BCUT2D eigenvalue weighted by molar-refractivity contribution is 6.31. The van der Waals surface area contributed by atoms with Gasteiger partial charge in [-0.15, -0.1) is 0 Å². The van der Waals surface area contributed by atoms with Crippen LogP contribution in [-0.4, -0.2) is 22.7 Å². The minimum absolute atomic E-state index is 0.135. The predicted octanol–water partition coefficient (Wildman–Crippen LogP) is 2.20. The number of hydrogen-bond donors (Lipinski definition) is 1. The maximum absolute atomic E-state index is 11.0. The Balaban J connectivity index is 2.89. The third-order valence-electron chi connectivity index (χ3n) is 1.58. The van der Waals surface area contributed by atoms with Crippen LogP contribution in [0, 0.1) is 0 Å². The number of aliphatic hydroxyl groups excluding tert-OH is 1. The third-order valence-corrected chi connectivity index (χ3v) is 1.88. The summed E-state index contributed by atoms with van der Waals surface area (Å²) in [5, 5.41) is 9.67. The Morgan fingerprint density at radius 2 is 2.47 bits per heavy atom. The van der Waals surface area contributed by atoms with Crippen molar-refractivity contribution in [1.29, 1.82) is 0 Å². The summed E-state index contributed by atoms with van der Waals surface area (Å²) < 4.78 is 4.64. The highest BCUT2D eigenvalue weighted by atomic mass is 35.5. The van der Waals surface area contributed by atoms with E-state index >= 15 is 0 Å². The maximum Gasteiger partial charge on any atom is 0.334 e. The van der Waals surface area contributed by atoms with E-state index in [-0.39, 0.29) is 17.5 Å². The van der Waals surface area contributed by atoms with E-state index in [4.69, 9.17) is 11.6 Å². The Morgan fingerprint density at radius 1 is 1.73 bits per heavy atom. The molecule has 1 rings (SSSR count). The zero-order valence-corrected chi connectivity index (χ0v) is 8.86. The van der Waals surface area contributed by atoms with Crippen LogP contribution >= 0.6 is 11.6 Å². The van der Waals surface area contributed by atoms with Crippen molar-refractivity contribution in [2.24, 2.45) is 0 Å². The largest absolute Gasteiger partial charge is 0.507 e. The molecular weight excluding hydrogens is 218 g/mol. The summed E-state index contributed by atoms with van der Waals surface area (Å²) in [7, 11) is 0. The van der Waals surface area contributed by atoms with Gasteiger partial charge in [0.15, 0.2) is 0 Å². The van der Waals surface area contributed by atoms with Gasteiger partial charge in [0.2, 0.25) is 0 Å². The number of aliphatic hydroxyl groups is 1. The second-order valence-electron chi connectivity index (χ2n) is 2.62. The molecular formula is C10H10ClNO3. The van der Waals surface area contributed by atoms with Crippen molar-refractivity contribution in [3.8, 4) is 0 Å². The van der Waals surface area contributed by atoms with E-state index in [1.807, 2.05) is 0 Å². The van der Waals surface area contributed by atoms with Gasteiger partial charge in [-0.1, -0.05) is 11.6 Å². The van der Waals surface area contributed by atoms with Crippen molar-refractivity contribution >= 4 is 23.3 Å². The summed E-state index contributed by atoms with van der Waals surface area (Å²) in [5.41, 5.74) is 0.298. The second kappa shape index (κ2) is 5.36. The van der Waals surface area contributed by atoms with Gasteiger partial charge >= 0.3 is 5.97 Å². The lowest BCUT2D eigenvalue weighted by Crippen LogP contribution is -2.01. The van der Waals surface area contributed by atoms with Gasteiger partial charge in [-0.2, -0.15) is 0 Å². The minimum Gasteiger partial charge on any atom is -0.507 e. The average Bonchev–Trinajstić information content (AvgIpc) is 2.18. The summed E-state index contributed by atoms with van der Waals surface area (Å²) in [6, 6.07) is 3.16. The van der Waals surface area contributed by atoms with Gasteiger partial charge < -0.3 is 9.84 Å². The fourth-order valence-corrected chi connectivity index (χ4v) is 1.17. The number of carbonyl (C=O) groups is 1. The molecule has 0 atom stereocenters. The number of ether oxygens (including phenoxy) is 1. The Labute approximate surface area is 92.2 Å². The van der Waals surface area contributed by atoms with Crippen LogP contribution in [0.3, 0.4) is 0 Å². The van der Waals surface area contributed by atoms with Gasteiger partial charge in [0, 0.05) is 6.20 Å². The van der Waals surface area contributed by atoms with Gasteiger partial charge in [0.1, 0.15) is 10.9 Å². The first-order chi connectivity index (χ1) is 7.15. The van der Waals surface area contributed by atoms with Crippen LogP contribution in [-0.2, 0) is 9.53 Å². The molecule has 5 heteroatoms. The molecule has 0 spiro atoms. The van der Waals surface area contributed by atoms with Crippen molar-refractivity contribution in [3.63, 3.8) is 0 Å². The number of esters is 1. The van der Waals surface area contributed by atoms with Crippen LogP contribution in [0.25, 0.3) is 5.76 Å². The second-order valence-corrected chi connectivity index (χ2v) is 2.98. The molecule has 0 saturated heterocycles. The summed E-state index contributed by atoms with van der Waals surface area (Å²) >= 11 is 5.72. The van der Waals surface area contributed by atoms with Crippen LogP contribution in [0.4, 0.5) is 0 Å². The van der Waals surface area contributed by atoms with Crippen LogP contribution in [0.2, 0.25) is 5.15 Å². The topological polar surface area (TPSA) is 59.4 Å². The Hall–Kier alpha value is -1.55. The van der Waals surface area contributed by atoms with Crippen molar-refractivity contribution < 1.29 is 14.6 Å². The van der Waals surface area contributed by atoms with Crippen LogP contribution in [0.5, 0.6) is 0 Å². The lowest BCUT2D eigenvalue weighted by atomic mass is 10.2. The van der Waals surface area contributed by atoms with Crippen molar-refractivity contribution in [2.45, 2.75) is 6.92 Å². The molecule has 0 aliphatic carbocycles. The Kier molecular flexibility index (Phi) is 4.12. The molecule has 0 saturated carbocycles. The minimum atomic E-state index is -0.616. The standard InChI is InChI=1S/C10H10ClNO3/c1-2-15-9(14)6-8(13)7-4-3-5-12-10(7)11/h3-6,13H,2H2,1H3/b8-6-. The number of halogens is 1.